The SMILES string of the molecule is c1ccc(N(c2ccccc2)c2cccc(-c3nc4ccc5c6cc7c(ccc8ccccc87)cc6[se]c5c4s3)c2)cc1. The van der Waals surface area contributed by atoms with E-state index in [0.717, 1.165) is 33.1 Å². The Morgan fingerprint density at radius 2 is 1.23 bits per heavy atom. The standard InChI is InChI=1S/C39H24N2SSe/c1-3-12-28(13-4-1)41(29-14-5-2-6-15-29)30-16-9-11-27(22-30)39-40-35-21-20-32-34-24-33-26(19-18-25-10-7-8-17-31(25)33)23-36(34)43-38(32)37(35)42-39/h1-24H. The first-order valence-corrected chi connectivity index (χ1v) is 16.9. The second kappa shape index (κ2) is 9.93. The summed E-state index contributed by atoms with van der Waals surface area (Å²) in [7, 11) is 0. The molecular formula is C39H24N2SSe. The Bertz CT molecular complexity index is 2420. The first-order valence-electron chi connectivity index (χ1n) is 14.4. The van der Waals surface area contributed by atoms with Gasteiger partial charge in [0.15, 0.2) is 0 Å². The molecule has 202 valence electrons. The zero-order valence-electron chi connectivity index (χ0n) is 23.1. The molecule has 7 aromatic carbocycles. The first kappa shape index (κ1) is 24.8. The van der Waals surface area contributed by atoms with E-state index in [-0.39, 0.29) is 14.5 Å². The molecule has 2 nitrogen and oxygen atoms in total. The van der Waals surface area contributed by atoms with Crippen LogP contribution in [0.1, 0.15) is 0 Å². The topological polar surface area (TPSA) is 16.1 Å². The maximum atomic E-state index is 5.18. The summed E-state index contributed by atoms with van der Waals surface area (Å²) in [5.41, 5.74) is 5.62. The molecule has 4 heteroatoms. The van der Waals surface area contributed by atoms with Gasteiger partial charge in [-0.05, 0) is 0 Å². The van der Waals surface area contributed by atoms with Crippen LogP contribution in [0, 0.1) is 0 Å². The molecule has 0 aliphatic rings. The fourth-order valence-corrected chi connectivity index (χ4v) is 10.2. The molecule has 0 spiro atoms. The van der Waals surface area contributed by atoms with Crippen LogP contribution in [-0.4, -0.2) is 19.5 Å². The Hall–Kier alpha value is -4.73. The van der Waals surface area contributed by atoms with Crippen LogP contribution in [0.4, 0.5) is 17.1 Å². The van der Waals surface area contributed by atoms with E-state index in [1.807, 2.05) is 11.3 Å². The maximum absolute atomic E-state index is 5.18. The molecule has 0 saturated carbocycles. The average Bonchev–Trinajstić information content (AvgIpc) is 3.67. The van der Waals surface area contributed by atoms with Gasteiger partial charge in [0, 0.05) is 0 Å². The zero-order valence-corrected chi connectivity index (χ0v) is 25.6. The van der Waals surface area contributed by atoms with Gasteiger partial charge < -0.3 is 0 Å². The van der Waals surface area contributed by atoms with Gasteiger partial charge in [0.1, 0.15) is 0 Å². The Kier molecular flexibility index (Phi) is 5.73. The van der Waals surface area contributed by atoms with Gasteiger partial charge >= 0.3 is 260 Å². The summed E-state index contributed by atoms with van der Waals surface area (Å²) >= 11 is 2.07. The molecule has 9 rings (SSSR count). The van der Waals surface area contributed by atoms with Crippen molar-refractivity contribution < 1.29 is 0 Å². The first-order chi connectivity index (χ1) is 21.3. The van der Waals surface area contributed by atoms with Crippen molar-refractivity contribution in [3.63, 3.8) is 0 Å². The molecule has 0 N–H and O–H groups in total. The molecule has 0 bridgehead atoms. The van der Waals surface area contributed by atoms with Crippen LogP contribution >= 0.6 is 11.3 Å². The van der Waals surface area contributed by atoms with Gasteiger partial charge in [-0.15, -0.1) is 0 Å². The number of benzene rings is 7. The molecule has 0 unspecified atom stereocenters. The number of aromatic nitrogens is 1. The second-order valence-corrected chi connectivity index (χ2v) is 14.0. The summed E-state index contributed by atoms with van der Waals surface area (Å²) in [5.74, 6) is 0. The van der Waals surface area contributed by atoms with E-state index in [0.29, 0.717) is 0 Å². The van der Waals surface area contributed by atoms with Gasteiger partial charge in [-0.3, -0.25) is 0 Å². The molecule has 0 radical (unpaired) electrons. The molecule has 2 heterocycles. The third-order valence-corrected chi connectivity index (χ3v) is 12.2. The van der Waals surface area contributed by atoms with Crippen molar-refractivity contribution in [1.29, 1.82) is 0 Å². The normalized spacial score (nSPS) is 11.7. The number of thiazole rings is 1. The number of nitrogens with zero attached hydrogens (tertiary/aromatic N) is 2. The number of anilines is 3. The van der Waals surface area contributed by atoms with Crippen LogP contribution < -0.4 is 4.90 Å². The van der Waals surface area contributed by atoms with Crippen LogP contribution in [0.25, 0.3) is 61.6 Å². The fraction of sp³-hybridized carbons (Fsp3) is 0. The van der Waals surface area contributed by atoms with Gasteiger partial charge in [0.05, 0.1) is 0 Å². The molecule has 43 heavy (non-hydrogen) atoms. The molecule has 0 fully saturated rings. The Morgan fingerprint density at radius 3 is 2.05 bits per heavy atom. The molecule has 0 aliphatic heterocycles. The Balaban J connectivity index is 1.19. The van der Waals surface area contributed by atoms with Crippen molar-refractivity contribution in [3.05, 3.63) is 146 Å². The monoisotopic (exact) mass is 632 g/mol. The summed E-state index contributed by atoms with van der Waals surface area (Å²) in [5, 5.41) is 9.11. The number of hydrogen-bond acceptors (Lipinski definition) is 3. The number of para-hydroxylation sites is 2. The van der Waals surface area contributed by atoms with Gasteiger partial charge in [-0.1, -0.05) is 0 Å². The van der Waals surface area contributed by atoms with Gasteiger partial charge in [-0.2, -0.15) is 0 Å². The quantitative estimate of drug-likeness (QED) is 0.142. The Morgan fingerprint density at radius 1 is 0.512 bits per heavy atom. The van der Waals surface area contributed by atoms with Crippen molar-refractivity contribution >= 4 is 94.0 Å². The van der Waals surface area contributed by atoms with Crippen molar-refractivity contribution in [3.8, 4) is 10.6 Å². The number of hydrogen-bond donors (Lipinski definition) is 0. The molecule has 2 aromatic heterocycles. The second-order valence-electron chi connectivity index (χ2n) is 10.8. The van der Waals surface area contributed by atoms with E-state index < -0.39 is 0 Å². The molecule has 9 aromatic rings. The predicted molar refractivity (Wildman–Crippen MR) is 187 cm³/mol. The minimum absolute atomic E-state index is 0.243. The van der Waals surface area contributed by atoms with Gasteiger partial charge in [-0.25, -0.2) is 0 Å². The van der Waals surface area contributed by atoms with E-state index in [1.165, 1.54) is 45.5 Å². The molecule has 0 aliphatic carbocycles. The van der Waals surface area contributed by atoms with Crippen LogP contribution in [0.15, 0.2) is 146 Å². The van der Waals surface area contributed by atoms with Crippen LogP contribution in [0.5, 0.6) is 0 Å². The number of rotatable bonds is 4. The predicted octanol–water partition coefficient (Wildman–Crippen LogP) is 11.1. The minimum atomic E-state index is 0.243. The molecular weight excluding hydrogens is 607 g/mol. The molecule has 0 atom stereocenters. The van der Waals surface area contributed by atoms with E-state index in [2.05, 4.69) is 150 Å². The summed E-state index contributed by atoms with van der Waals surface area (Å²) in [6, 6.07) is 52.5. The molecule has 0 saturated heterocycles. The summed E-state index contributed by atoms with van der Waals surface area (Å²) in [6.45, 7) is 0. The Labute approximate surface area is 258 Å². The van der Waals surface area contributed by atoms with Gasteiger partial charge in [0.2, 0.25) is 0 Å². The third-order valence-electron chi connectivity index (χ3n) is 8.24. The van der Waals surface area contributed by atoms with E-state index in [9.17, 15) is 0 Å². The summed E-state index contributed by atoms with van der Waals surface area (Å²) in [4.78, 5) is 7.48. The van der Waals surface area contributed by atoms with Crippen molar-refractivity contribution in [2.75, 3.05) is 4.90 Å². The average molecular weight is 632 g/mol. The van der Waals surface area contributed by atoms with Crippen LogP contribution in [0.3, 0.4) is 0 Å². The fourth-order valence-electron chi connectivity index (χ4n) is 6.22. The van der Waals surface area contributed by atoms with E-state index in [1.54, 1.807) is 0 Å². The van der Waals surface area contributed by atoms with E-state index in [4.69, 9.17) is 4.98 Å². The summed E-state index contributed by atoms with van der Waals surface area (Å²) in [6.07, 6.45) is 0. The molecule has 0 amide bonds. The van der Waals surface area contributed by atoms with Crippen molar-refractivity contribution in [1.82, 2.24) is 4.98 Å². The van der Waals surface area contributed by atoms with Crippen LogP contribution in [-0.2, 0) is 0 Å². The number of fused-ring (bicyclic) bond motifs is 8. The van der Waals surface area contributed by atoms with Crippen LogP contribution in [0.2, 0.25) is 0 Å². The summed E-state index contributed by atoms with van der Waals surface area (Å²) < 4.78 is 4.26. The zero-order chi connectivity index (χ0) is 28.3. The van der Waals surface area contributed by atoms with Crippen molar-refractivity contribution in [2.45, 2.75) is 0 Å². The van der Waals surface area contributed by atoms with E-state index >= 15 is 0 Å². The van der Waals surface area contributed by atoms with Gasteiger partial charge in [0.25, 0.3) is 0 Å². The van der Waals surface area contributed by atoms with Crippen molar-refractivity contribution in [2.24, 2.45) is 0 Å². The third kappa shape index (κ3) is 4.11.